The van der Waals surface area contributed by atoms with E-state index >= 15 is 0 Å². The lowest BCUT2D eigenvalue weighted by molar-refractivity contribution is -0.0544. The van der Waals surface area contributed by atoms with Crippen molar-refractivity contribution in [3.8, 4) is 0 Å². The highest BCUT2D eigenvalue weighted by Crippen LogP contribution is 2.25. The van der Waals surface area contributed by atoms with E-state index in [4.69, 9.17) is 0 Å². The van der Waals surface area contributed by atoms with Crippen LogP contribution in [0.3, 0.4) is 0 Å². The Morgan fingerprint density at radius 3 is 2.06 bits per heavy atom. The highest BCUT2D eigenvalue weighted by molar-refractivity contribution is 7.87. The Hall–Kier alpha value is -0.300. The van der Waals surface area contributed by atoms with Gasteiger partial charge in [0, 0.05) is 0 Å². The normalized spacial score (nSPS) is 15.1. The van der Waals surface area contributed by atoms with Gasteiger partial charge in [-0.2, -0.15) is 21.6 Å². The third-order valence-corrected chi connectivity index (χ3v) is 3.65. The summed E-state index contributed by atoms with van der Waals surface area (Å²) in [7, 11) is -5.43. The molecule has 0 N–H and O–H groups in total. The summed E-state index contributed by atoms with van der Waals surface area (Å²) < 4.78 is 60.9. The maximum atomic E-state index is 11.9. The van der Waals surface area contributed by atoms with Gasteiger partial charge < -0.3 is 0 Å². The van der Waals surface area contributed by atoms with Crippen LogP contribution < -0.4 is 0 Å². The highest BCUT2D eigenvalue weighted by atomic mass is 32.2. The Labute approximate surface area is 107 Å². The van der Waals surface area contributed by atoms with Gasteiger partial charge in [0.1, 0.15) is 0 Å². The summed E-state index contributed by atoms with van der Waals surface area (Å²) in [5.41, 5.74) is -5.33. The largest absolute Gasteiger partial charge is 0.523 e. The van der Waals surface area contributed by atoms with Crippen LogP contribution in [-0.2, 0) is 14.3 Å². The molecule has 0 aliphatic carbocycles. The number of halogens is 3. The van der Waals surface area contributed by atoms with Gasteiger partial charge in [0.15, 0.2) is 0 Å². The van der Waals surface area contributed by atoms with Gasteiger partial charge in [0.25, 0.3) is 0 Å². The fourth-order valence-electron chi connectivity index (χ4n) is 1.44. The van der Waals surface area contributed by atoms with E-state index in [9.17, 15) is 21.6 Å². The fourth-order valence-corrected chi connectivity index (χ4v) is 1.89. The molecule has 0 aliphatic heterocycles. The van der Waals surface area contributed by atoms with Crippen molar-refractivity contribution in [2.45, 2.75) is 52.0 Å². The lowest BCUT2D eigenvalue weighted by Crippen LogP contribution is -2.26. The first-order valence-electron chi connectivity index (χ1n) is 6.02. The molecule has 3 nitrogen and oxygen atoms in total. The number of hydrogen-bond acceptors (Lipinski definition) is 3. The molecule has 0 aromatic carbocycles. The molecule has 0 aliphatic rings. The Morgan fingerprint density at radius 1 is 1.06 bits per heavy atom. The molecule has 0 amide bonds. The Kier molecular flexibility index (Phi) is 7.21. The summed E-state index contributed by atoms with van der Waals surface area (Å²) in [5, 5.41) is 0. The highest BCUT2D eigenvalue weighted by Gasteiger charge is 2.47. The maximum Gasteiger partial charge on any atom is 0.523 e. The van der Waals surface area contributed by atoms with Crippen molar-refractivity contribution in [2.75, 3.05) is 6.61 Å². The smallest absolute Gasteiger partial charge is 0.263 e. The number of rotatable bonds is 8. The predicted octanol–water partition coefficient (Wildman–Crippen LogP) is 3.71. The molecule has 0 spiro atoms. The molecule has 0 aromatic heterocycles. The van der Waals surface area contributed by atoms with Crippen molar-refractivity contribution < 1.29 is 25.8 Å². The van der Waals surface area contributed by atoms with E-state index in [1.165, 1.54) is 0 Å². The Balaban J connectivity index is 3.85. The average molecular weight is 290 g/mol. The second kappa shape index (κ2) is 7.33. The fraction of sp³-hybridized carbons (Fsp3) is 1.00. The molecular formula is C11H21F3O3S. The summed E-state index contributed by atoms with van der Waals surface area (Å²) in [5.74, 6) is 0.756. The molecule has 1 atom stereocenters. The van der Waals surface area contributed by atoms with Gasteiger partial charge in [0.05, 0.1) is 6.61 Å². The van der Waals surface area contributed by atoms with Crippen molar-refractivity contribution in [1.29, 1.82) is 0 Å². The van der Waals surface area contributed by atoms with Gasteiger partial charge in [-0.1, -0.05) is 40.0 Å². The zero-order valence-electron chi connectivity index (χ0n) is 11.0. The van der Waals surface area contributed by atoms with Crippen LogP contribution in [0.2, 0.25) is 0 Å². The first kappa shape index (κ1) is 17.7. The molecular weight excluding hydrogens is 269 g/mol. The zero-order chi connectivity index (χ0) is 14.4. The van der Waals surface area contributed by atoms with Gasteiger partial charge in [-0.3, -0.25) is 4.18 Å². The third kappa shape index (κ3) is 7.20. The minimum absolute atomic E-state index is 0.159. The van der Waals surface area contributed by atoms with Crippen LogP contribution in [0.1, 0.15) is 46.5 Å². The van der Waals surface area contributed by atoms with Crippen LogP contribution in [0.25, 0.3) is 0 Å². The third-order valence-electron chi connectivity index (χ3n) is 2.61. The van der Waals surface area contributed by atoms with E-state index in [2.05, 4.69) is 18.0 Å². The second-order valence-electron chi connectivity index (χ2n) is 4.94. The van der Waals surface area contributed by atoms with Crippen LogP contribution in [-0.4, -0.2) is 20.5 Å². The Morgan fingerprint density at radius 2 is 1.61 bits per heavy atom. The topological polar surface area (TPSA) is 43.4 Å². The van der Waals surface area contributed by atoms with Crippen molar-refractivity contribution in [3.05, 3.63) is 0 Å². The summed E-state index contributed by atoms with van der Waals surface area (Å²) in [6.45, 7) is 5.67. The average Bonchev–Trinajstić information content (AvgIpc) is 2.14. The van der Waals surface area contributed by atoms with E-state index in [-0.39, 0.29) is 5.92 Å². The number of hydrogen-bond donors (Lipinski definition) is 0. The quantitative estimate of drug-likeness (QED) is 0.505. The van der Waals surface area contributed by atoms with Crippen molar-refractivity contribution >= 4 is 10.1 Å². The van der Waals surface area contributed by atoms with Gasteiger partial charge in [0.2, 0.25) is 0 Å². The van der Waals surface area contributed by atoms with Gasteiger partial charge in [-0.25, -0.2) is 0 Å². The van der Waals surface area contributed by atoms with Crippen LogP contribution in [0.15, 0.2) is 0 Å². The summed E-state index contributed by atoms with van der Waals surface area (Å²) in [6.07, 6.45) is 3.23. The standard InChI is InChI=1S/C11H21F3O3S/c1-9(2)5-4-6-10(3)7-8-17-18(15,16)11(12,13)14/h9-10H,4-8H2,1-3H3. The predicted molar refractivity (Wildman–Crippen MR) is 63.4 cm³/mol. The van der Waals surface area contributed by atoms with Crippen molar-refractivity contribution in [2.24, 2.45) is 11.8 Å². The van der Waals surface area contributed by atoms with Crippen LogP contribution in [0, 0.1) is 11.8 Å². The van der Waals surface area contributed by atoms with Gasteiger partial charge in [-0.15, -0.1) is 0 Å². The lowest BCUT2D eigenvalue weighted by atomic mass is 9.98. The first-order chi connectivity index (χ1) is 8.06. The zero-order valence-corrected chi connectivity index (χ0v) is 11.8. The van der Waals surface area contributed by atoms with E-state index in [1.807, 2.05) is 6.92 Å². The maximum absolute atomic E-state index is 11.9. The minimum Gasteiger partial charge on any atom is -0.263 e. The molecule has 0 rings (SSSR count). The Bertz CT molecular complexity index is 323. The number of alkyl halides is 3. The molecule has 0 saturated heterocycles. The van der Waals surface area contributed by atoms with E-state index in [0.717, 1.165) is 19.3 Å². The van der Waals surface area contributed by atoms with Gasteiger partial charge >= 0.3 is 15.6 Å². The molecule has 1 unspecified atom stereocenters. The van der Waals surface area contributed by atoms with Crippen molar-refractivity contribution in [3.63, 3.8) is 0 Å². The molecule has 0 fully saturated rings. The first-order valence-corrected chi connectivity index (χ1v) is 7.42. The summed E-state index contributed by atoms with van der Waals surface area (Å²) >= 11 is 0. The molecule has 7 heteroatoms. The SMILES string of the molecule is CC(C)CCCC(C)CCOS(=O)(=O)C(F)(F)F. The van der Waals surface area contributed by atoms with Crippen LogP contribution >= 0.6 is 0 Å². The van der Waals surface area contributed by atoms with Crippen LogP contribution in [0.4, 0.5) is 13.2 Å². The lowest BCUT2D eigenvalue weighted by Gasteiger charge is -2.13. The van der Waals surface area contributed by atoms with E-state index in [0.29, 0.717) is 12.3 Å². The monoisotopic (exact) mass is 290 g/mol. The molecule has 0 heterocycles. The minimum atomic E-state index is -5.43. The molecule has 0 aromatic rings. The molecule has 0 bridgehead atoms. The van der Waals surface area contributed by atoms with Crippen molar-refractivity contribution in [1.82, 2.24) is 0 Å². The molecule has 18 heavy (non-hydrogen) atoms. The summed E-state index contributed by atoms with van der Waals surface area (Å²) in [4.78, 5) is 0. The second-order valence-corrected chi connectivity index (χ2v) is 6.55. The van der Waals surface area contributed by atoms with E-state index < -0.39 is 22.2 Å². The van der Waals surface area contributed by atoms with Crippen LogP contribution in [0.5, 0.6) is 0 Å². The summed E-state index contributed by atoms with van der Waals surface area (Å²) in [6, 6.07) is 0. The molecule has 110 valence electrons. The molecule has 0 radical (unpaired) electrons. The van der Waals surface area contributed by atoms with E-state index in [1.54, 1.807) is 0 Å². The van der Waals surface area contributed by atoms with Gasteiger partial charge in [-0.05, 0) is 18.3 Å². The molecule has 0 saturated carbocycles.